The lowest BCUT2D eigenvalue weighted by molar-refractivity contribution is -0.113. The Labute approximate surface area is 148 Å². The van der Waals surface area contributed by atoms with Crippen LogP contribution in [0.3, 0.4) is 0 Å². The van der Waals surface area contributed by atoms with E-state index in [2.05, 4.69) is 10.2 Å². The van der Waals surface area contributed by atoms with E-state index in [0.29, 0.717) is 11.4 Å². The van der Waals surface area contributed by atoms with Gasteiger partial charge in [-0.2, -0.15) is 11.8 Å². The molecule has 6 nitrogen and oxygen atoms in total. The lowest BCUT2D eigenvalue weighted by atomic mass is 10.3. The zero-order valence-electron chi connectivity index (χ0n) is 12.2. The molecule has 1 amide bonds. The molecule has 128 valence electrons. The maximum Gasteiger partial charge on any atom is 0.261 e. The molecule has 10 heteroatoms. The van der Waals surface area contributed by atoms with E-state index >= 15 is 0 Å². The molecular formula is C13H17ClN2O4S3. The first-order valence-corrected chi connectivity index (χ1v) is 11.2. The number of hydrogen-bond donors (Lipinski definition) is 1. The van der Waals surface area contributed by atoms with E-state index in [1.54, 1.807) is 6.07 Å². The van der Waals surface area contributed by atoms with Crippen LogP contribution >= 0.6 is 34.5 Å². The lowest BCUT2D eigenvalue weighted by Crippen LogP contribution is -2.32. The molecular weight excluding hydrogens is 380 g/mol. The Balaban J connectivity index is 1.72. The lowest BCUT2D eigenvalue weighted by Gasteiger charge is -2.24. The number of nitrogens with one attached hydrogen (secondary N) is 1. The average molecular weight is 397 g/mol. The van der Waals surface area contributed by atoms with Gasteiger partial charge in [0.05, 0.1) is 23.1 Å². The van der Waals surface area contributed by atoms with Crippen LogP contribution in [0.4, 0.5) is 5.69 Å². The summed E-state index contributed by atoms with van der Waals surface area (Å²) in [7, 11) is 1.49. The summed E-state index contributed by atoms with van der Waals surface area (Å²) in [5.74, 6) is 1.85. The summed E-state index contributed by atoms with van der Waals surface area (Å²) in [5, 5.41) is 2.67. The van der Waals surface area contributed by atoms with E-state index < -0.39 is 9.05 Å². The Hall–Kier alpha value is -0.450. The summed E-state index contributed by atoms with van der Waals surface area (Å²) in [6, 6.07) is 5.89. The standard InChI is InChI=1S/C13H17ClN2O4S3/c14-23(18,19)12-3-1-2-11(8-12)15-13(17)9-21-7-5-16-4-6-20-22-10-16/h1-3,8H,4-7,9-10H2,(H,15,17). The fourth-order valence-electron chi connectivity index (χ4n) is 1.86. The Morgan fingerprint density at radius 1 is 1.48 bits per heavy atom. The first-order valence-electron chi connectivity index (χ1n) is 6.84. The summed E-state index contributed by atoms with van der Waals surface area (Å²) >= 11 is 2.99. The fourth-order valence-corrected chi connectivity index (χ4v) is 4.12. The molecule has 1 heterocycles. The van der Waals surface area contributed by atoms with Crippen molar-refractivity contribution in [2.45, 2.75) is 4.90 Å². The van der Waals surface area contributed by atoms with E-state index in [0.717, 1.165) is 31.3 Å². The van der Waals surface area contributed by atoms with Gasteiger partial charge in [0, 0.05) is 47.3 Å². The second-order valence-electron chi connectivity index (χ2n) is 4.75. The van der Waals surface area contributed by atoms with Crippen molar-refractivity contribution in [3.05, 3.63) is 24.3 Å². The van der Waals surface area contributed by atoms with Crippen LogP contribution in [0.5, 0.6) is 0 Å². The number of carbonyl (C=O) groups is 1. The average Bonchev–Trinajstić information content (AvgIpc) is 2.52. The number of nitrogens with zero attached hydrogens (tertiary/aromatic N) is 1. The fraction of sp³-hybridized carbons (Fsp3) is 0.462. The van der Waals surface area contributed by atoms with E-state index in [-0.39, 0.29) is 10.8 Å². The molecule has 0 atom stereocenters. The van der Waals surface area contributed by atoms with Crippen LogP contribution in [0.25, 0.3) is 0 Å². The van der Waals surface area contributed by atoms with Crippen LogP contribution in [0.1, 0.15) is 0 Å². The number of amides is 1. The Morgan fingerprint density at radius 2 is 2.30 bits per heavy atom. The molecule has 1 saturated heterocycles. The van der Waals surface area contributed by atoms with Gasteiger partial charge in [-0.1, -0.05) is 6.07 Å². The van der Waals surface area contributed by atoms with Crippen molar-refractivity contribution >= 4 is 55.1 Å². The second-order valence-corrected chi connectivity index (χ2v) is 9.15. The molecule has 1 fully saturated rings. The van der Waals surface area contributed by atoms with Crippen molar-refractivity contribution in [2.24, 2.45) is 0 Å². The highest BCUT2D eigenvalue weighted by atomic mass is 35.7. The largest absolute Gasteiger partial charge is 0.325 e. The molecule has 0 bridgehead atoms. The minimum absolute atomic E-state index is 0.0329. The molecule has 1 aromatic carbocycles. The number of anilines is 1. The summed E-state index contributed by atoms with van der Waals surface area (Å²) in [4.78, 5) is 14.1. The van der Waals surface area contributed by atoms with Crippen LogP contribution in [-0.4, -0.2) is 56.3 Å². The molecule has 23 heavy (non-hydrogen) atoms. The van der Waals surface area contributed by atoms with E-state index in [4.69, 9.17) is 14.9 Å². The SMILES string of the molecule is O=C(CSCCN1CCOSC1)Nc1cccc(S(=O)(=O)Cl)c1. The molecule has 0 spiro atoms. The van der Waals surface area contributed by atoms with Gasteiger partial charge in [-0.25, -0.2) is 8.42 Å². The highest BCUT2D eigenvalue weighted by Crippen LogP contribution is 2.19. The minimum atomic E-state index is -3.80. The number of halogens is 1. The molecule has 2 rings (SSSR count). The molecule has 0 unspecified atom stereocenters. The van der Waals surface area contributed by atoms with Gasteiger partial charge in [0.15, 0.2) is 0 Å². The van der Waals surface area contributed by atoms with E-state index in [1.165, 1.54) is 42.0 Å². The van der Waals surface area contributed by atoms with E-state index in [1.807, 2.05) is 0 Å². The van der Waals surface area contributed by atoms with Crippen molar-refractivity contribution in [3.8, 4) is 0 Å². The summed E-state index contributed by atoms with van der Waals surface area (Å²) in [6.07, 6.45) is 0. The predicted octanol–water partition coefficient (Wildman–Crippen LogP) is 2.22. The highest BCUT2D eigenvalue weighted by molar-refractivity contribution is 8.13. The molecule has 1 N–H and O–H groups in total. The van der Waals surface area contributed by atoms with Gasteiger partial charge in [-0.15, -0.1) is 0 Å². The van der Waals surface area contributed by atoms with Crippen molar-refractivity contribution in [2.75, 3.05) is 42.4 Å². The third-order valence-electron chi connectivity index (χ3n) is 2.99. The number of carbonyl (C=O) groups excluding carboxylic acids is 1. The van der Waals surface area contributed by atoms with Gasteiger partial charge in [-0.05, 0) is 18.2 Å². The van der Waals surface area contributed by atoms with Crippen LogP contribution in [0.15, 0.2) is 29.2 Å². The highest BCUT2D eigenvalue weighted by Gasteiger charge is 2.12. The van der Waals surface area contributed by atoms with Gasteiger partial charge in [0.2, 0.25) is 5.91 Å². The van der Waals surface area contributed by atoms with Gasteiger partial charge in [-0.3, -0.25) is 9.69 Å². The molecule has 0 aliphatic carbocycles. The van der Waals surface area contributed by atoms with Crippen LogP contribution in [0.2, 0.25) is 0 Å². The Morgan fingerprint density at radius 3 is 3.00 bits per heavy atom. The second kappa shape index (κ2) is 9.14. The van der Waals surface area contributed by atoms with Crippen molar-refractivity contribution in [1.82, 2.24) is 4.90 Å². The molecule has 0 aromatic heterocycles. The van der Waals surface area contributed by atoms with Crippen molar-refractivity contribution in [1.29, 1.82) is 0 Å². The zero-order valence-corrected chi connectivity index (χ0v) is 15.4. The molecule has 1 aliphatic rings. The smallest absolute Gasteiger partial charge is 0.261 e. The molecule has 1 aromatic rings. The summed E-state index contributed by atoms with van der Waals surface area (Å²) < 4.78 is 27.7. The Kier molecular flexibility index (Phi) is 7.51. The quantitative estimate of drug-likeness (QED) is 0.430. The minimum Gasteiger partial charge on any atom is -0.325 e. The van der Waals surface area contributed by atoms with Crippen LogP contribution < -0.4 is 5.32 Å². The van der Waals surface area contributed by atoms with Gasteiger partial charge >= 0.3 is 0 Å². The summed E-state index contributed by atoms with van der Waals surface area (Å²) in [5.41, 5.74) is 0.418. The monoisotopic (exact) mass is 396 g/mol. The predicted molar refractivity (Wildman–Crippen MR) is 95.4 cm³/mol. The van der Waals surface area contributed by atoms with Crippen molar-refractivity contribution in [3.63, 3.8) is 0 Å². The number of hydrogen-bond acceptors (Lipinski definition) is 7. The summed E-state index contributed by atoms with van der Waals surface area (Å²) in [6.45, 7) is 2.56. The number of thioether (sulfide) groups is 1. The van der Waals surface area contributed by atoms with Crippen LogP contribution in [-0.2, 0) is 18.0 Å². The first-order chi connectivity index (χ1) is 10.9. The Bertz CT molecular complexity index is 636. The third kappa shape index (κ3) is 6.90. The normalized spacial score (nSPS) is 16.2. The van der Waals surface area contributed by atoms with Gasteiger partial charge in [0.1, 0.15) is 0 Å². The first kappa shape index (κ1) is 18.9. The maximum atomic E-state index is 11.9. The number of rotatable bonds is 7. The van der Waals surface area contributed by atoms with Crippen molar-refractivity contribution < 1.29 is 17.4 Å². The molecule has 0 saturated carbocycles. The topological polar surface area (TPSA) is 75.7 Å². The van der Waals surface area contributed by atoms with Crippen LogP contribution in [0, 0.1) is 0 Å². The maximum absolute atomic E-state index is 11.9. The number of benzene rings is 1. The zero-order chi connectivity index (χ0) is 16.7. The van der Waals surface area contributed by atoms with Gasteiger partial charge < -0.3 is 9.50 Å². The molecule has 1 aliphatic heterocycles. The third-order valence-corrected chi connectivity index (χ3v) is 6.09. The van der Waals surface area contributed by atoms with Gasteiger partial charge in [0.25, 0.3) is 9.05 Å². The van der Waals surface area contributed by atoms with E-state index in [9.17, 15) is 13.2 Å². The molecule has 0 radical (unpaired) electrons.